The fraction of sp³-hybridized carbons (Fsp3) is 0.304. The van der Waals surface area contributed by atoms with Crippen LogP contribution in [0.4, 0.5) is 5.69 Å². The zero-order valence-corrected chi connectivity index (χ0v) is 18.8. The summed E-state index contributed by atoms with van der Waals surface area (Å²) in [6, 6.07) is 14.4. The van der Waals surface area contributed by atoms with E-state index in [1.807, 2.05) is 60.4 Å². The van der Waals surface area contributed by atoms with Crippen LogP contribution in [0.3, 0.4) is 0 Å². The van der Waals surface area contributed by atoms with Crippen molar-refractivity contribution in [3.05, 3.63) is 65.4 Å². The summed E-state index contributed by atoms with van der Waals surface area (Å²) in [6.07, 6.45) is 0. The maximum atomic E-state index is 13.1. The van der Waals surface area contributed by atoms with Gasteiger partial charge in [-0.05, 0) is 49.5 Å². The van der Waals surface area contributed by atoms with Crippen LogP contribution >= 0.6 is 12.2 Å². The Balaban J connectivity index is 2.08. The van der Waals surface area contributed by atoms with Crippen molar-refractivity contribution in [3.63, 3.8) is 0 Å². The number of carbonyl (C=O) groups is 1. The van der Waals surface area contributed by atoms with Crippen LogP contribution in [0.5, 0.6) is 11.5 Å². The van der Waals surface area contributed by atoms with Gasteiger partial charge in [0.2, 0.25) is 0 Å². The summed E-state index contributed by atoms with van der Waals surface area (Å²) in [5.41, 5.74) is 2.72. The number of carbonyl (C=O) groups excluding carboxylic acids is 1. The fourth-order valence-electron chi connectivity index (χ4n) is 3.48. The number of para-hydroxylation sites is 1. The molecule has 1 heterocycles. The van der Waals surface area contributed by atoms with Crippen molar-refractivity contribution in [2.45, 2.75) is 13.0 Å². The quantitative estimate of drug-likeness (QED) is 0.378. The van der Waals surface area contributed by atoms with E-state index in [0.717, 1.165) is 17.0 Å². The fourth-order valence-corrected chi connectivity index (χ4v) is 3.84. The van der Waals surface area contributed by atoms with E-state index in [1.54, 1.807) is 21.3 Å². The predicted octanol–water partition coefficient (Wildman–Crippen LogP) is 3.60. The highest BCUT2D eigenvalue weighted by molar-refractivity contribution is 7.80. The number of anilines is 1. The first-order chi connectivity index (χ1) is 15.0. The molecule has 164 valence electrons. The number of allylic oxidation sites excluding steroid dienone is 1. The monoisotopic (exact) mass is 442 g/mol. The van der Waals surface area contributed by atoms with Gasteiger partial charge in [-0.3, -0.25) is 4.90 Å². The van der Waals surface area contributed by atoms with Crippen LogP contribution < -0.4 is 19.7 Å². The number of thiocarbonyl (C=S) groups is 1. The largest absolute Gasteiger partial charge is 0.497 e. The van der Waals surface area contributed by atoms with Crippen molar-refractivity contribution in [1.29, 1.82) is 0 Å². The summed E-state index contributed by atoms with van der Waals surface area (Å²) < 4.78 is 21.3. The molecule has 0 spiro atoms. The van der Waals surface area contributed by atoms with Crippen LogP contribution in [0, 0.1) is 0 Å². The smallest absolute Gasteiger partial charge is 0.338 e. The van der Waals surface area contributed by atoms with Crippen molar-refractivity contribution < 1.29 is 23.7 Å². The highest BCUT2D eigenvalue weighted by Crippen LogP contribution is 2.37. The third-order valence-corrected chi connectivity index (χ3v) is 5.31. The zero-order valence-electron chi connectivity index (χ0n) is 18.0. The van der Waals surface area contributed by atoms with Crippen molar-refractivity contribution in [1.82, 2.24) is 5.32 Å². The number of hydrogen-bond donors (Lipinski definition) is 1. The normalized spacial score (nSPS) is 16.1. The summed E-state index contributed by atoms with van der Waals surface area (Å²) in [5.74, 6) is 0.932. The molecule has 0 radical (unpaired) electrons. The molecule has 0 aromatic heterocycles. The van der Waals surface area contributed by atoms with Crippen LogP contribution in [-0.4, -0.2) is 45.6 Å². The molecule has 31 heavy (non-hydrogen) atoms. The van der Waals surface area contributed by atoms with E-state index in [9.17, 15) is 4.79 Å². The minimum absolute atomic E-state index is 0.151. The molecule has 0 saturated heterocycles. The lowest BCUT2D eigenvalue weighted by atomic mass is 9.94. The SMILES string of the molecule is COCCOC(=O)C1=C(C)N(c2ccc(OC)cc2)C(=S)NC1c1ccccc1OC. The maximum absolute atomic E-state index is 13.1. The van der Waals surface area contributed by atoms with Crippen LogP contribution in [-0.2, 0) is 14.3 Å². The summed E-state index contributed by atoms with van der Waals surface area (Å²) in [5, 5.41) is 3.76. The molecule has 0 fully saturated rings. The Morgan fingerprint density at radius 1 is 1.03 bits per heavy atom. The van der Waals surface area contributed by atoms with Gasteiger partial charge in [0.25, 0.3) is 0 Å². The molecular weight excluding hydrogens is 416 g/mol. The third-order valence-electron chi connectivity index (χ3n) is 5.01. The molecular formula is C23H26N2O5S. The molecule has 3 rings (SSSR count). The topological polar surface area (TPSA) is 69.3 Å². The lowest BCUT2D eigenvalue weighted by Gasteiger charge is -2.37. The summed E-state index contributed by atoms with van der Waals surface area (Å²) >= 11 is 5.69. The van der Waals surface area contributed by atoms with Crippen LogP contribution in [0.15, 0.2) is 59.8 Å². The Bertz CT molecular complexity index is 974. The predicted molar refractivity (Wildman–Crippen MR) is 122 cm³/mol. The first-order valence-electron chi connectivity index (χ1n) is 9.76. The number of ether oxygens (including phenoxy) is 4. The van der Waals surface area contributed by atoms with Gasteiger partial charge in [-0.25, -0.2) is 4.79 Å². The molecule has 1 aliphatic heterocycles. The molecule has 8 heteroatoms. The van der Waals surface area contributed by atoms with Crippen LogP contribution in [0.2, 0.25) is 0 Å². The molecule has 7 nitrogen and oxygen atoms in total. The van der Waals surface area contributed by atoms with Crippen molar-refractivity contribution in [2.75, 3.05) is 39.4 Å². The van der Waals surface area contributed by atoms with Gasteiger partial charge in [0.15, 0.2) is 5.11 Å². The van der Waals surface area contributed by atoms with E-state index in [4.69, 9.17) is 31.2 Å². The molecule has 0 amide bonds. The van der Waals surface area contributed by atoms with Gasteiger partial charge in [0.05, 0.1) is 32.4 Å². The van der Waals surface area contributed by atoms with Crippen molar-refractivity contribution >= 4 is 29.0 Å². The Labute approximate surface area is 187 Å². The van der Waals surface area contributed by atoms with Crippen LogP contribution in [0.1, 0.15) is 18.5 Å². The summed E-state index contributed by atoms with van der Waals surface area (Å²) in [6.45, 7) is 2.32. The van der Waals surface area contributed by atoms with Crippen molar-refractivity contribution in [3.8, 4) is 11.5 Å². The second kappa shape index (κ2) is 10.3. The highest BCUT2D eigenvalue weighted by Gasteiger charge is 2.36. The van der Waals surface area contributed by atoms with Gasteiger partial charge in [0.1, 0.15) is 18.1 Å². The van der Waals surface area contributed by atoms with Gasteiger partial charge in [-0.1, -0.05) is 18.2 Å². The minimum Gasteiger partial charge on any atom is -0.497 e. The molecule has 1 atom stereocenters. The van der Waals surface area contributed by atoms with E-state index < -0.39 is 12.0 Å². The Morgan fingerprint density at radius 2 is 1.74 bits per heavy atom. The number of benzene rings is 2. The number of nitrogens with one attached hydrogen (secondary N) is 1. The molecule has 1 N–H and O–H groups in total. The van der Waals surface area contributed by atoms with Gasteiger partial charge < -0.3 is 24.3 Å². The number of methoxy groups -OCH3 is 3. The van der Waals surface area contributed by atoms with Gasteiger partial charge in [-0.15, -0.1) is 0 Å². The van der Waals surface area contributed by atoms with E-state index in [0.29, 0.717) is 28.7 Å². The molecule has 0 saturated carbocycles. The maximum Gasteiger partial charge on any atom is 0.338 e. The second-order valence-electron chi connectivity index (χ2n) is 6.79. The first-order valence-corrected chi connectivity index (χ1v) is 10.2. The minimum atomic E-state index is -0.520. The summed E-state index contributed by atoms with van der Waals surface area (Å²) in [7, 11) is 4.76. The average Bonchev–Trinajstić information content (AvgIpc) is 2.79. The first kappa shape index (κ1) is 22.6. The Morgan fingerprint density at radius 3 is 2.39 bits per heavy atom. The van der Waals surface area contributed by atoms with Crippen molar-refractivity contribution in [2.24, 2.45) is 0 Å². The molecule has 1 unspecified atom stereocenters. The number of rotatable bonds is 8. The molecule has 0 aliphatic carbocycles. The molecule has 0 bridgehead atoms. The lowest BCUT2D eigenvalue weighted by molar-refractivity contribution is -0.140. The second-order valence-corrected chi connectivity index (χ2v) is 7.17. The number of nitrogens with zero attached hydrogens (tertiary/aromatic N) is 1. The molecule has 1 aliphatic rings. The number of esters is 1. The van der Waals surface area contributed by atoms with Gasteiger partial charge in [0, 0.05) is 24.1 Å². The van der Waals surface area contributed by atoms with E-state index in [1.165, 1.54) is 0 Å². The number of hydrogen-bond acceptors (Lipinski definition) is 6. The van der Waals surface area contributed by atoms with Gasteiger partial charge >= 0.3 is 5.97 Å². The third kappa shape index (κ3) is 4.81. The molecule has 2 aromatic rings. The Hall–Kier alpha value is -3.10. The standard InChI is InChI=1S/C23H26N2O5S/c1-15-20(22(26)30-14-13-27-2)21(18-7-5-6-8-19(18)29-4)24-23(31)25(15)16-9-11-17(28-3)12-10-16/h5-12,21H,13-14H2,1-4H3,(H,24,31). The van der Waals surface area contributed by atoms with E-state index in [-0.39, 0.29) is 6.61 Å². The zero-order chi connectivity index (χ0) is 22.4. The molecule has 2 aromatic carbocycles. The van der Waals surface area contributed by atoms with E-state index in [2.05, 4.69) is 5.32 Å². The summed E-state index contributed by atoms with van der Waals surface area (Å²) in [4.78, 5) is 15.0. The Kier molecular flexibility index (Phi) is 7.49. The average molecular weight is 443 g/mol. The van der Waals surface area contributed by atoms with E-state index >= 15 is 0 Å². The lowest BCUT2D eigenvalue weighted by Crippen LogP contribution is -2.48. The van der Waals surface area contributed by atoms with Crippen LogP contribution in [0.25, 0.3) is 0 Å². The van der Waals surface area contributed by atoms with Gasteiger partial charge in [-0.2, -0.15) is 0 Å². The highest BCUT2D eigenvalue weighted by atomic mass is 32.1.